The van der Waals surface area contributed by atoms with E-state index in [0.717, 1.165) is 5.56 Å². The molecule has 1 aromatic heterocycles. The number of amides is 1. The van der Waals surface area contributed by atoms with Gasteiger partial charge in [0.2, 0.25) is 0 Å². The predicted molar refractivity (Wildman–Crippen MR) is 82.9 cm³/mol. The molecule has 0 unspecified atom stereocenters. The Balaban J connectivity index is 1.80. The fraction of sp³-hybridized carbons (Fsp3) is 0.0588. The van der Waals surface area contributed by atoms with Crippen LogP contribution in [-0.2, 0) is 0 Å². The second-order valence-corrected chi connectivity index (χ2v) is 4.55. The van der Waals surface area contributed by atoms with Gasteiger partial charge >= 0.3 is 5.91 Å². The quantitative estimate of drug-likeness (QED) is 0.798. The molecule has 110 valence electrons. The number of carbonyl (C=O) groups excluding carboxylic acids is 1. The van der Waals surface area contributed by atoms with E-state index in [1.807, 2.05) is 42.5 Å². The van der Waals surface area contributed by atoms with Crippen molar-refractivity contribution in [2.24, 2.45) is 0 Å². The van der Waals surface area contributed by atoms with Crippen molar-refractivity contribution >= 4 is 11.6 Å². The lowest BCUT2D eigenvalue weighted by molar-refractivity contribution is 0.0990. The Morgan fingerprint density at radius 2 is 1.82 bits per heavy atom. The van der Waals surface area contributed by atoms with Gasteiger partial charge in [-0.3, -0.25) is 4.79 Å². The fourth-order valence-electron chi connectivity index (χ4n) is 2.04. The highest BCUT2D eigenvalue weighted by Crippen LogP contribution is 2.24. The monoisotopic (exact) mass is 294 g/mol. The third kappa shape index (κ3) is 2.83. The highest BCUT2D eigenvalue weighted by atomic mass is 16.5. The number of nitrogens with zero attached hydrogens (tertiary/aromatic N) is 1. The molecule has 1 N–H and O–H groups in total. The molecule has 5 heteroatoms. The lowest BCUT2D eigenvalue weighted by Gasteiger charge is -2.07. The van der Waals surface area contributed by atoms with Crippen LogP contribution in [0.25, 0.3) is 11.3 Å². The zero-order valence-corrected chi connectivity index (χ0v) is 11.9. The fourth-order valence-corrected chi connectivity index (χ4v) is 2.04. The van der Waals surface area contributed by atoms with E-state index in [-0.39, 0.29) is 5.89 Å². The molecule has 0 fully saturated rings. The summed E-state index contributed by atoms with van der Waals surface area (Å²) < 4.78 is 10.7. The van der Waals surface area contributed by atoms with Crippen molar-refractivity contribution in [1.29, 1.82) is 0 Å². The van der Waals surface area contributed by atoms with Crippen LogP contribution in [0, 0.1) is 0 Å². The number of oxazole rings is 1. The summed E-state index contributed by atoms with van der Waals surface area (Å²) in [6.07, 6.45) is 1.53. The maximum absolute atomic E-state index is 12.2. The number of hydrogen-bond acceptors (Lipinski definition) is 4. The first-order valence-corrected chi connectivity index (χ1v) is 6.73. The van der Waals surface area contributed by atoms with Gasteiger partial charge in [-0.2, -0.15) is 0 Å². The molecule has 1 heterocycles. The van der Waals surface area contributed by atoms with E-state index in [2.05, 4.69) is 10.3 Å². The Hall–Kier alpha value is -3.08. The van der Waals surface area contributed by atoms with Crippen LogP contribution < -0.4 is 10.1 Å². The molecule has 0 bridgehead atoms. The SMILES string of the molecule is COc1ccccc1NC(=O)c1ncc(-c2ccccc2)o1. The van der Waals surface area contributed by atoms with E-state index in [9.17, 15) is 4.79 Å². The number of aromatic nitrogens is 1. The van der Waals surface area contributed by atoms with Gasteiger partial charge in [0, 0.05) is 5.56 Å². The van der Waals surface area contributed by atoms with Gasteiger partial charge in [0.05, 0.1) is 19.0 Å². The predicted octanol–water partition coefficient (Wildman–Crippen LogP) is 3.60. The van der Waals surface area contributed by atoms with Crippen molar-refractivity contribution in [3.63, 3.8) is 0 Å². The lowest BCUT2D eigenvalue weighted by atomic mass is 10.2. The van der Waals surface area contributed by atoms with Gasteiger partial charge in [-0.15, -0.1) is 0 Å². The number of benzene rings is 2. The third-order valence-corrected chi connectivity index (χ3v) is 3.11. The topological polar surface area (TPSA) is 64.4 Å². The third-order valence-electron chi connectivity index (χ3n) is 3.11. The number of rotatable bonds is 4. The minimum absolute atomic E-state index is 0.00441. The van der Waals surface area contributed by atoms with E-state index in [4.69, 9.17) is 9.15 Å². The first kappa shape index (κ1) is 13.9. The molecule has 0 saturated carbocycles. The van der Waals surface area contributed by atoms with Crippen molar-refractivity contribution in [2.45, 2.75) is 0 Å². The minimum atomic E-state index is -0.424. The van der Waals surface area contributed by atoms with Crippen molar-refractivity contribution in [3.05, 3.63) is 66.7 Å². The average molecular weight is 294 g/mol. The Kier molecular flexibility index (Phi) is 3.87. The number of ether oxygens (including phenoxy) is 1. The molecule has 5 nitrogen and oxygen atoms in total. The zero-order valence-electron chi connectivity index (χ0n) is 11.9. The second-order valence-electron chi connectivity index (χ2n) is 4.55. The Morgan fingerprint density at radius 1 is 1.09 bits per heavy atom. The average Bonchev–Trinajstić information content (AvgIpc) is 3.06. The first-order chi connectivity index (χ1) is 10.8. The first-order valence-electron chi connectivity index (χ1n) is 6.73. The maximum Gasteiger partial charge on any atom is 0.311 e. The highest BCUT2D eigenvalue weighted by Gasteiger charge is 2.15. The summed E-state index contributed by atoms with van der Waals surface area (Å²) in [5, 5.41) is 2.72. The molecule has 0 spiro atoms. The normalized spacial score (nSPS) is 10.2. The summed E-state index contributed by atoms with van der Waals surface area (Å²) in [7, 11) is 1.55. The summed E-state index contributed by atoms with van der Waals surface area (Å²) >= 11 is 0. The van der Waals surface area contributed by atoms with Gasteiger partial charge in [0.25, 0.3) is 5.89 Å². The van der Waals surface area contributed by atoms with E-state index in [0.29, 0.717) is 17.2 Å². The van der Waals surface area contributed by atoms with Gasteiger partial charge < -0.3 is 14.5 Å². The van der Waals surface area contributed by atoms with E-state index in [1.54, 1.807) is 19.2 Å². The molecule has 0 aliphatic carbocycles. The van der Waals surface area contributed by atoms with Crippen LogP contribution in [-0.4, -0.2) is 18.0 Å². The van der Waals surface area contributed by atoms with E-state index < -0.39 is 5.91 Å². The molecule has 22 heavy (non-hydrogen) atoms. The maximum atomic E-state index is 12.2. The number of nitrogens with one attached hydrogen (secondary N) is 1. The van der Waals surface area contributed by atoms with Crippen molar-refractivity contribution < 1.29 is 13.9 Å². The molecule has 2 aromatic carbocycles. The van der Waals surface area contributed by atoms with Gasteiger partial charge in [-0.05, 0) is 12.1 Å². The van der Waals surface area contributed by atoms with Crippen LogP contribution in [0.15, 0.2) is 65.2 Å². The summed E-state index contributed by atoms with van der Waals surface area (Å²) in [6, 6.07) is 16.6. The number of para-hydroxylation sites is 2. The molecule has 0 aliphatic heterocycles. The summed E-state index contributed by atoms with van der Waals surface area (Å²) in [6.45, 7) is 0. The molecule has 3 rings (SSSR count). The van der Waals surface area contributed by atoms with Crippen molar-refractivity contribution in [2.75, 3.05) is 12.4 Å². The van der Waals surface area contributed by atoms with Gasteiger partial charge in [0.15, 0.2) is 5.76 Å². The molecule has 0 radical (unpaired) electrons. The van der Waals surface area contributed by atoms with Crippen LogP contribution >= 0.6 is 0 Å². The largest absolute Gasteiger partial charge is 0.495 e. The standard InChI is InChI=1S/C17H14N2O3/c1-21-14-10-6-5-9-13(14)19-16(20)17-18-11-15(22-17)12-7-3-2-4-8-12/h2-11H,1H3,(H,19,20). The zero-order chi connectivity index (χ0) is 15.4. The van der Waals surface area contributed by atoms with E-state index in [1.165, 1.54) is 6.20 Å². The lowest BCUT2D eigenvalue weighted by Crippen LogP contribution is -2.12. The molecular formula is C17H14N2O3. The van der Waals surface area contributed by atoms with Crippen LogP contribution in [0.3, 0.4) is 0 Å². The number of carbonyl (C=O) groups is 1. The van der Waals surface area contributed by atoms with E-state index >= 15 is 0 Å². The minimum Gasteiger partial charge on any atom is -0.495 e. The van der Waals surface area contributed by atoms with Crippen molar-refractivity contribution in [3.8, 4) is 17.1 Å². The van der Waals surface area contributed by atoms with Gasteiger partial charge in [-0.1, -0.05) is 42.5 Å². The summed E-state index contributed by atoms with van der Waals surface area (Å²) in [4.78, 5) is 16.2. The summed E-state index contributed by atoms with van der Waals surface area (Å²) in [5.41, 5.74) is 1.43. The smallest absolute Gasteiger partial charge is 0.311 e. The molecule has 3 aromatic rings. The highest BCUT2D eigenvalue weighted by molar-refractivity contribution is 6.02. The number of anilines is 1. The Bertz CT molecular complexity index is 781. The molecular weight excluding hydrogens is 280 g/mol. The van der Waals surface area contributed by atoms with Gasteiger partial charge in [0.1, 0.15) is 5.75 Å². The molecule has 1 amide bonds. The van der Waals surface area contributed by atoms with Crippen LogP contribution in [0.4, 0.5) is 5.69 Å². The number of hydrogen-bond donors (Lipinski definition) is 1. The van der Waals surface area contributed by atoms with Crippen LogP contribution in [0.5, 0.6) is 5.75 Å². The van der Waals surface area contributed by atoms with Crippen LogP contribution in [0.2, 0.25) is 0 Å². The van der Waals surface area contributed by atoms with Crippen LogP contribution in [0.1, 0.15) is 10.7 Å². The molecule has 0 atom stereocenters. The van der Waals surface area contributed by atoms with Crippen molar-refractivity contribution in [1.82, 2.24) is 4.98 Å². The molecule has 0 aliphatic rings. The summed E-state index contributed by atoms with van der Waals surface area (Å²) in [5.74, 6) is 0.702. The van der Waals surface area contributed by atoms with Gasteiger partial charge in [-0.25, -0.2) is 4.98 Å². The Labute approximate surface area is 127 Å². The number of methoxy groups -OCH3 is 1. The second kappa shape index (κ2) is 6.13. The molecule has 0 saturated heterocycles. The Morgan fingerprint density at radius 3 is 2.59 bits per heavy atom.